The van der Waals surface area contributed by atoms with Gasteiger partial charge >= 0.3 is 5.97 Å². The van der Waals surface area contributed by atoms with E-state index in [1.807, 2.05) is 0 Å². The molecule has 0 aromatic carbocycles. The van der Waals surface area contributed by atoms with E-state index in [2.05, 4.69) is 15.6 Å². The number of carboxylic acids is 1. The average molecular weight is 257 g/mol. The topological polar surface area (TPSA) is 108 Å². The first-order chi connectivity index (χ1) is 8.00. The minimum absolute atomic E-state index is 0.0882. The highest BCUT2D eigenvalue weighted by molar-refractivity contribution is 7.11. The van der Waals surface area contributed by atoms with Crippen molar-refractivity contribution in [2.75, 3.05) is 13.1 Å². The van der Waals surface area contributed by atoms with Gasteiger partial charge in [0.05, 0.1) is 0 Å². The van der Waals surface area contributed by atoms with Crippen LogP contribution in [0.3, 0.4) is 0 Å². The number of amides is 2. The summed E-state index contributed by atoms with van der Waals surface area (Å²) in [7, 11) is 0. The lowest BCUT2D eigenvalue weighted by Gasteiger charge is -2.03. The minimum atomic E-state index is -1.17. The van der Waals surface area contributed by atoms with E-state index < -0.39 is 11.9 Å². The van der Waals surface area contributed by atoms with Gasteiger partial charge in [0.25, 0.3) is 5.91 Å². The molecule has 0 fully saturated rings. The summed E-state index contributed by atoms with van der Waals surface area (Å²) < 4.78 is 0. The number of aromatic carboxylic acids is 1. The van der Waals surface area contributed by atoms with Gasteiger partial charge in [-0.1, -0.05) is 0 Å². The van der Waals surface area contributed by atoms with Gasteiger partial charge < -0.3 is 15.7 Å². The molecule has 0 spiro atoms. The maximum absolute atomic E-state index is 11.5. The van der Waals surface area contributed by atoms with Gasteiger partial charge in [0.15, 0.2) is 10.7 Å². The Morgan fingerprint density at radius 3 is 2.53 bits per heavy atom. The molecule has 7 nitrogen and oxygen atoms in total. The normalized spacial score (nSPS) is 9.71. The molecule has 0 saturated heterocycles. The van der Waals surface area contributed by atoms with Gasteiger partial charge in [0, 0.05) is 25.4 Å². The van der Waals surface area contributed by atoms with Crippen molar-refractivity contribution in [2.45, 2.75) is 6.92 Å². The van der Waals surface area contributed by atoms with Crippen LogP contribution >= 0.6 is 11.3 Å². The summed E-state index contributed by atoms with van der Waals surface area (Å²) in [5, 5.41) is 15.0. The molecule has 1 rings (SSSR count). The first-order valence-corrected chi connectivity index (χ1v) is 5.60. The average Bonchev–Trinajstić information content (AvgIpc) is 2.73. The number of nitrogens with zero attached hydrogens (tertiary/aromatic N) is 1. The molecule has 0 radical (unpaired) electrons. The van der Waals surface area contributed by atoms with E-state index in [4.69, 9.17) is 5.11 Å². The van der Waals surface area contributed by atoms with Crippen LogP contribution in [0.15, 0.2) is 5.38 Å². The van der Waals surface area contributed by atoms with Crippen molar-refractivity contribution in [1.29, 1.82) is 0 Å². The summed E-state index contributed by atoms with van der Waals surface area (Å²) in [5.41, 5.74) is -0.151. The van der Waals surface area contributed by atoms with Crippen molar-refractivity contribution in [1.82, 2.24) is 15.6 Å². The molecule has 17 heavy (non-hydrogen) atoms. The maximum atomic E-state index is 11.5. The standard InChI is InChI=1S/C9H11N3O4S/c1-5(13)10-2-3-11-7(14)8-12-6(4-17-8)9(15)16/h4H,2-3H2,1H3,(H,10,13)(H,11,14)(H,15,16). The van der Waals surface area contributed by atoms with E-state index in [0.29, 0.717) is 6.54 Å². The van der Waals surface area contributed by atoms with Crippen LogP contribution in [0.1, 0.15) is 27.2 Å². The van der Waals surface area contributed by atoms with Gasteiger partial charge in [0.1, 0.15) is 0 Å². The number of carboxylic acid groups (broad SMARTS) is 1. The molecule has 0 aliphatic heterocycles. The van der Waals surface area contributed by atoms with Crippen LogP contribution in [0.25, 0.3) is 0 Å². The van der Waals surface area contributed by atoms with E-state index in [1.165, 1.54) is 12.3 Å². The SMILES string of the molecule is CC(=O)NCCNC(=O)c1nc(C(=O)O)cs1. The van der Waals surface area contributed by atoms with Gasteiger partial charge in [-0.05, 0) is 0 Å². The molecular formula is C9H11N3O4S. The highest BCUT2D eigenvalue weighted by Gasteiger charge is 2.13. The molecule has 8 heteroatoms. The van der Waals surface area contributed by atoms with Crippen molar-refractivity contribution in [2.24, 2.45) is 0 Å². The van der Waals surface area contributed by atoms with Crippen LogP contribution in [0.4, 0.5) is 0 Å². The number of rotatable bonds is 5. The Morgan fingerprint density at radius 1 is 1.35 bits per heavy atom. The Kier molecular flexibility index (Phi) is 4.58. The Bertz CT molecular complexity index is 443. The highest BCUT2D eigenvalue weighted by atomic mass is 32.1. The highest BCUT2D eigenvalue weighted by Crippen LogP contribution is 2.09. The number of aromatic nitrogens is 1. The molecule has 0 aliphatic carbocycles. The third-order valence-corrected chi connectivity index (χ3v) is 2.54. The lowest BCUT2D eigenvalue weighted by atomic mass is 10.5. The second-order valence-corrected chi connectivity index (χ2v) is 3.94. The Hall–Kier alpha value is -1.96. The summed E-state index contributed by atoms with van der Waals surface area (Å²) in [6.07, 6.45) is 0. The molecule has 0 unspecified atom stereocenters. The largest absolute Gasteiger partial charge is 0.476 e. The number of carbonyl (C=O) groups excluding carboxylic acids is 2. The molecule has 92 valence electrons. The van der Waals surface area contributed by atoms with Crippen LogP contribution in [0.5, 0.6) is 0 Å². The first-order valence-electron chi connectivity index (χ1n) is 4.72. The van der Waals surface area contributed by atoms with Crippen molar-refractivity contribution >= 4 is 29.1 Å². The molecule has 3 N–H and O–H groups in total. The van der Waals surface area contributed by atoms with Gasteiger partial charge in [-0.25, -0.2) is 9.78 Å². The predicted octanol–water partition coefficient (Wildman–Crippen LogP) is -0.293. The Morgan fingerprint density at radius 2 is 2.00 bits per heavy atom. The molecular weight excluding hydrogens is 246 g/mol. The number of hydrogen-bond donors (Lipinski definition) is 3. The van der Waals surface area contributed by atoms with Crippen LogP contribution in [0.2, 0.25) is 0 Å². The van der Waals surface area contributed by atoms with Crippen molar-refractivity contribution in [3.05, 3.63) is 16.1 Å². The van der Waals surface area contributed by atoms with Crippen LogP contribution in [-0.2, 0) is 4.79 Å². The minimum Gasteiger partial charge on any atom is -0.476 e. The fraction of sp³-hybridized carbons (Fsp3) is 0.333. The van der Waals surface area contributed by atoms with E-state index in [-0.39, 0.29) is 23.2 Å². The van der Waals surface area contributed by atoms with E-state index >= 15 is 0 Å². The van der Waals surface area contributed by atoms with Crippen molar-refractivity contribution in [3.63, 3.8) is 0 Å². The zero-order chi connectivity index (χ0) is 12.8. The molecule has 0 bridgehead atoms. The van der Waals surface area contributed by atoms with Gasteiger partial charge in [-0.2, -0.15) is 0 Å². The number of carbonyl (C=O) groups is 3. The molecule has 0 atom stereocenters. The summed E-state index contributed by atoms with van der Waals surface area (Å²) in [5.74, 6) is -1.80. The Labute approximate surface area is 101 Å². The molecule has 1 aromatic rings. The third kappa shape index (κ3) is 4.19. The van der Waals surface area contributed by atoms with E-state index in [0.717, 1.165) is 11.3 Å². The molecule has 1 aromatic heterocycles. The molecule has 2 amide bonds. The van der Waals surface area contributed by atoms with Gasteiger partial charge in [-0.3, -0.25) is 9.59 Å². The zero-order valence-corrected chi connectivity index (χ0v) is 9.84. The maximum Gasteiger partial charge on any atom is 0.355 e. The second kappa shape index (κ2) is 5.94. The van der Waals surface area contributed by atoms with Crippen LogP contribution < -0.4 is 10.6 Å². The molecule has 1 heterocycles. The smallest absolute Gasteiger partial charge is 0.355 e. The van der Waals surface area contributed by atoms with Crippen LogP contribution in [-0.4, -0.2) is 41.0 Å². The Balaban J connectivity index is 2.41. The lowest BCUT2D eigenvalue weighted by molar-refractivity contribution is -0.118. The monoisotopic (exact) mass is 257 g/mol. The fourth-order valence-electron chi connectivity index (χ4n) is 0.966. The fourth-order valence-corrected chi connectivity index (χ4v) is 1.67. The number of hydrogen-bond acceptors (Lipinski definition) is 5. The predicted molar refractivity (Wildman–Crippen MR) is 60.1 cm³/mol. The third-order valence-electron chi connectivity index (χ3n) is 1.70. The van der Waals surface area contributed by atoms with Crippen molar-refractivity contribution < 1.29 is 19.5 Å². The number of thiazole rings is 1. The first kappa shape index (κ1) is 13.1. The quantitative estimate of drug-likeness (QED) is 0.628. The zero-order valence-electron chi connectivity index (χ0n) is 9.02. The van der Waals surface area contributed by atoms with Gasteiger partial charge in [0.2, 0.25) is 5.91 Å². The summed E-state index contributed by atoms with van der Waals surface area (Å²) in [6, 6.07) is 0. The molecule has 0 saturated carbocycles. The summed E-state index contributed by atoms with van der Waals surface area (Å²) >= 11 is 0.959. The summed E-state index contributed by atoms with van der Waals surface area (Å²) in [4.78, 5) is 36.2. The van der Waals surface area contributed by atoms with Crippen LogP contribution in [0, 0.1) is 0 Å². The summed E-state index contributed by atoms with van der Waals surface area (Å²) in [6.45, 7) is 1.96. The lowest BCUT2D eigenvalue weighted by Crippen LogP contribution is -2.33. The molecule has 0 aliphatic rings. The second-order valence-electron chi connectivity index (χ2n) is 3.08. The van der Waals surface area contributed by atoms with Gasteiger partial charge in [-0.15, -0.1) is 11.3 Å². The number of nitrogens with one attached hydrogen (secondary N) is 2. The van der Waals surface area contributed by atoms with E-state index in [9.17, 15) is 14.4 Å². The van der Waals surface area contributed by atoms with E-state index in [1.54, 1.807) is 0 Å². The van der Waals surface area contributed by atoms with Crippen molar-refractivity contribution in [3.8, 4) is 0 Å².